The monoisotopic (exact) mass is 324 g/mol. The van der Waals surface area contributed by atoms with E-state index in [2.05, 4.69) is 10.2 Å². The van der Waals surface area contributed by atoms with Crippen LogP contribution in [0.3, 0.4) is 0 Å². The molecule has 124 valence electrons. The quantitative estimate of drug-likeness (QED) is 0.723. The standard InChI is InChI=1S/C18H20N4O2/c1-4-24-16-12-19-22(14-8-6-5-7-9-14)18(16)15-10-11-17(23)21(20-15)13(2)3/h5-13H,4H2,1-3H3. The minimum absolute atomic E-state index is 0.0268. The lowest BCUT2D eigenvalue weighted by Crippen LogP contribution is -2.24. The van der Waals surface area contributed by atoms with Crippen molar-refractivity contribution < 1.29 is 4.74 Å². The fourth-order valence-corrected chi connectivity index (χ4v) is 2.52. The second-order valence-electron chi connectivity index (χ2n) is 5.63. The molecule has 0 N–H and O–H groups in total. The van der Waals surface area contributed by atoms with Gasteiger partial charge in [0.1, 0.15) is 11.4 Å². The maximum atomic E-state index is 12.0. The molecule has 0 unspecified atom stereocenters. The Bertz CT molecular complexity index is 882. The second kappa shape index (κ2) is 6.70. The summed E-state index contributed by atoms with van der Waals surface area (Å²) in [7, 11) is 0. The van der Waals surface area contributed by atoms with Crippen molar-refractivity contribution in [2.75, 3.05) is 6.61 Å². The Labute approximate surface area is 140 Å². The zero-order valence-electron chi connectivity index (χ0n) is 14.0. The molecule has 0 fully saturated rings. The summed E-state index contributed by atoms with van der Waals surface area (Å²) in [6.45, 7) is 6.30. The number of hydrogen-bond donors (Lipinski definition) is 0. The van der Waals surface area contributed by atoms with E-state index < -0.39 is 0 Å². The third-order valence-electron chi connectivity index (χ3n) is 3.59. The molecule has 2 aromatic heterocycles. The van der Waals surface area contributed by atoms with Crippen molar-refractivity contribution in [3.05, 3.63) is 59.0 Å². The van der Waals surface area contributed by atoms with E-state index in [1.54, 1.807) is 16.9 Å². The summed E-state index contributed by atoms with van der Waals surface area (Å²) in [5, 5.41) is 8.95. The Hall–Kier alpha value is -2.89. The lowest BCUT2D eigenvalue weighted by molar-refractivity contribution is 0.341. The zero-order chi connectivity index (χ0) is 17.1. The summed E-state index contributed by atoms with van der Waals surface area (Å²) < 4.78 is 8.96. The van der Waals surface area contributed by atoms with Crippen molar-refractivity contribution >= 4 is 0 Å². The summed E-state index contributed by atoms with van der Waals surface area (Å²) in [4.78, 5) is 12.0. The van der Waals surface area contributed by atoms with Gasteiger partial charge in [-0.1, -0.05) is 18.2 Å². The molecule has 6 nitrogen and oxygen atoms in total. The number of rotatable bonds is 5. The SMILES string of the molecule is CCOc1cnn(-c2ccccc2)c1-c1ccc(=O)n(C(C)C)n1. The minimum atomic E-state index is -0.127. The van der Waals surface area contributed by atoms with Crippen LogP contribution in [-0.4, -0.2) is 26.2 Å². The molecule has 0 saturated heterocycles. The maximum Gasteiger partial charge on any atom is 0.267 e. The van der Waals surface area contributed by atoms with E-state index in [1.807, 2.05) is 51.1 Å². The average Bonchev–Trinajstić information content (AvgIpc) is 3.00. The predicted molar refractivity (Wildman–Crippen MR) is 92.6 cm³/mol. The normalized spacial score (nSPS) is 11.0. The van der Waals surface area contributed by atoms with Crippen LogP contribution in [0.1, 0.15) is 26.8 Å². The van der Waals surface area contributed by atoms with Gasteiger partial charge in [-0.25, -0.2) is 9.36 Å². The first-order valence-electron chi connectivity index (χ1n) is 7.98. The van der Waals surface area contributed by atoms with Crippen molar-refractivity contribution in [1.82, 2.24) is 19.6 Å². The summed E-state index contributed by atoms with van der Waals surface area (Å²) >= 11 is 0. The van der Waals surface area contributed by atoms with Crippen molar-refractivity contribution in [1.29, 1.82) is 0 Å². The lowest BCUT2D eigenvalue weighted by Gasteiger charge is -2.13. The van der Waals surface area contributed by atoms with Crippen molar-refractivity contribution in [2.24, 2.45) is 0 Å². The van der Waals surface area contributed by atoms with Gasteiger partial charge < -0.3 is 4.74 Å². The van der Waals surface area contributed by atoms with Gasteiger partial charge in [-0.2, -0.15) is 10.2 Å². The van der Waals surface area contributed by atoms with Crippen LogP contribution < -0.4 is 10.3 Å². The molecule has 0 aliphatic carbocycles. The summed E-state index contributed by atoms with van der Waals surface area (Å²) in [5.41, 5.74) is 2.16. The zero-order valence-corrected chi connectivity index (χ0v) is 14.0. The number of nitrogens with zero attached hydrogens (tertiary/aromatic N) is 4. The Morgan fingerprint density at radius 2 is 1.88 bits per heavy atom. The van der Waals surface area contributed by atoms with Crippen LogP contribution in [0, 0.1) is 0 Å². The number of ether oxygens (including phenoxy) is 1. The molecule has 3 aromatic rings. The van der Waals surface area contributed by atoms with Gasteiger partial charge in [0, 0.05) is 6.07 Å². The van der Waals surface area contributed by atoms with Crippen LogP contribution in [0.2, 0.25) is 0 Å². The summed E-state index contributed by atoms with van der Waals surface area (Å²) in [6.07, 6.45) is 1.68. The van der Waals surface area contributed by atoms with Gasteiger partial charge in [-0.3, -0.25) is 4.79 Å². The first kappa shape index (κ1) is 16.0. The molecular weight excluding hydrogens is 304 g/mol. The van der Waals surface area contributed by atoms with E-state index in [1.165, 1.54) is 10.7 Å². The van der Waals surface area contributed by atoms with Crippen molar-refractivity contribution in [3.8, 4) is 22.8 Å². The molecule has 2 heterocycles. The van der Waals surface area contributed by atoms with E-state index in [0.29, 0.717) is 18.1 Å². The average molecular weight is 324 g/mol. The Morgan fingerprint density at radius 1 is 1.12 bits per heavy atom. The molecule has 0 atom stereocenters. The summed E-state index contributed by atoms with van der Waals surface area (Å²) in [6, 6.07) is 13.0. The molecular formula is C18H20N4O2. The van der Waals surface area contributed by atoms with Crippen LogP contribution in [0.15, 0.2) is 53.5 Å². The molecule has 0 radical (unpaired) electrons. The largest absolute Gasteiger partial charge is 0.490 e. The van der Waals surface area contributed by atoms with E-state index in [4.69, 9.17) is 4.74 Å². The highest BCUT2D eigenvalue weighted by Gasteiger charge is 2.18. The number of para-hydroxylation sites is 1. The minimum Gasteiger partial charge on any atom is -0.490 e. The molecule has 3 rings (SSSR count). The highest BCUT2D eigenvalue weighted by atomic mass is 16.5. The van der Waals surface area contributed by atoms with Crippen molar-refractivity contribution in [2.45, 2.75) is 26.8 Å². The fourth-order valence-electron chi connectivity index (χ4n) is 2.52. The molecule has 24 heavy (non-hydrogen) atoms. The molecule has 0 saturated carbocycles. The van der Waals surface area contributed by atoms with Crippen LogP contribution in [-0.2, 0) is 0 Å². The van der Waals surface area contributed by atoms with E-state index in [9.17, 15) is 4.79 Å². The van der Waals surface area contributed by atoms with Crippen LogP contribution in [0.4, 0.5) is 0 Å². The summed E-state index contributed by atoms with van der Waals surface area (Å²) in [5.74, 6) is 0.641. The predicted octanol–water partition coefficient (Wildman–Crippen LogP) is 3.08. The van der Waals surface area contributed by atoms with E-state index >= 15 is 0 Å². The van der Waals surface area contributed by atoms with Gasteiger partial charge >= 0.3 is 0 Å². The highest BCUT2D eigenvalue weighted by molar-refractivity contribution is 5.64. The number of benzene rings is 1. The van der Waals surface area contributed by atoms with Crippen LogP contribution in [0.5, 0.6) is 5.75 Å². The van der Waals surface area contributed by atoms with Crippen LogP contribution in [0.25, 0.3) is 17.1 Å². The maximum absolute atomic E-state index is 12.0. The van der Waals surface area contributed by atoms with Gasteiger partial charge in [0.25, 0.3) is 5.56 Å². The van der Waals surface area contributed by atoms with E-state index in [-0.39, 0.29) is 11.6 Å². The van der Waals surface area contributed by atoms with Gasteiger partial charge in [0.15, 0.2) is 5.75 Å². The first-order valence-corrected chi connectivity index (χ1v) is 7.98. The van der Waals surface area contributed by atoms with Gasteiger partial charge in [-0.15, -0.1) is 0 Å². The van der Waals surface area contributed by atoms with Crippen LogP contribution >= 0.6 is 0 Å². The molecule has 6 heteroatoms. The van der Waals surface area contributed by atoms with E-state index in [0.717, 1.165) is 11.4 Å². The molecule has 0 bridgehead atoms. The van der Waals surface area contributed by atoms with Gasteiger partial charge in [-0.05, 0) is 39.0 Å². The first-order chi connectivity index (χ1) is 11.6. The molecule has 1 aromatic carbocycles. The van der Waals surface area contributed by atoms with Crippen molar-refractivity contribution in [3.63, 3.8) is 0 Å². The Morgan fingerprint density at radius 3 is 2.54 bits per heavy atom. The molecule has 0 spiro atoms. The van der Waals surface area contributed by atoms with Gasteiger partial charge in [0.05, 0.1) is 24.5 Å². The number of aromatic nitrogens is 4. The Balaban J connectivity index is 2.21. The fraction of sp³-hybridized carbons (Fsp3) is 0.278. The second-order valence-corrected chi connectivity index (χ2v) is 5.63. The van der Waals surface area contributed by atoms with Gasteiger partial charge in [0.2, 0.25) is 0 Å². The lowest BCUT2D eigenvalue weighted by atomic mass is 10.2. The molecule has 0 aliphatic heterocycles. The third kappa shape index (κ3) is 2.95. The molecule has 0 amide bonds. The smallest absolute Gasteiger partial charge is 0.267 e. The topological polar surface area (TPSA) is 61.9 Å². The third-order valence-corrected chi connectivity index (χ3v) is 3.59. The number of hydrogen-bond acceptors (Lipinski definition) is 4. The molecule has 0 aliphatic rings. The highest BCUT2D eigenvalue weighted by Crippen LogP contribution is 2.30. The Kier molecular flexibility index (Phi) is 4.46.